The smallest absolute Gasteiger partial charge is 0.164 e. The van der Waals surface area contributed by atoms with Crippen LogP contribution in [0.1, 0.15) is 5.56 Å². The van der Waals surface area contributed by atoms with Crippen molar-refractivity contribution in [3.05, 3.63) is 42.0 Å². The second-order valence-corrected chi connectivity index (χ2v) is 4.60. The van der Waals surface area contributed by atoms with Gasteiger partial charge in [0.05, 0.1) is 28.4 Å². The average Bonchev–Trinajstić information content (AvgIpc) is 2.59. The van der Waals surface area contributed by atoms with Crippen LogP contribution >= 0.6 is 0 Å². The zero-order valence-corrected chi connectivity index (χ0v) is 13.3. The lowest BCUT2D eigenvalue weighted by Gasteiger charge is -2.15. The van der Waals surface area contributed by atoms with Crippen LogP contribution in [0.15, 0.2) is 36.4 Å². The maximum absolute atomic E-state index is 5.42. The van der Waals surface area contributed by atoms with Crippen molar-refractivity contribution in [2.24, 2.45) is 0 Å². The number of anilines is 1. The Morgan fingerprint density at radius 3 is 1.86 bits per heavy atom. The molecule has 118 valence electrons. The molecule has 0 aliphatic heterocycles. The summed E-state index contributed by atoms with van der Waals surface area (Å²) in [5, 5.41) is 3.34. The molecule has 5 nitrogen and oxygen atoms in total. The molecule has 0 spiro atoms. The van der Waals surface area contributed by atoms with Crippen molar-refractivity contribution in [2.75, 3.05) is 33.8 Å². The Bertz CT molecular complexity index is 611. The van der Waals surface area contributed by atoms with Gasteiger partial charge in [-0.25, -0.2) is 0 Å². The molecule has 0 amide bonds. The summed E-state index contributed by atoms with van der Waals surface area (Å²) in [4.78, 5) is 0. The van der Waals surface area contributed by atoms with E-state index >= 15 is 0 Å². The van der Waals surface area contributed by atoms with Crippen LogP contribution in [0.5, 0.6) is 23.0 Å². The fraction of sp³-hybridized carbons (Fsp3) is 0.294. The number of benzene rings is 2. The lowest BCUT2D eigenvalue weighted by atomic mass is 10.1. The molecule has 2 aromatic rings. The van der Waals surface area contributed by atoms with Crippen LogP contribution in [0.2, 0.25) is 0 Å². The first-order chi connectivity index (χ1) is 10.7. The average molecular weight is 303 g/mol. The summed E-state index contributed by atoms with van der Waals surface area (Å²) in [5.74, 6) is 2.90. The van der Waals surface area contributed by atoms with Gasteiger partial charge in [-0.3, -0.25) is 0 Å². The van der Waals surface area contributed by atoms with Crippen LogP contribution in [0.3, 0.4) is 0 Å². The molecule has 5 heteroatoms. The lowest BCUT2D eigenvalue weighted by molar-refractivity contribution is 0.347. The van der Waals surface area contributed by atoms with Gasteiger partial charge in [-0.2, -0.15) is 0 Å². The number of ether oxygens (including phenoxy) is 4. The zero-order valence-electron chi connectivity index (χ0n) is 13.3. The number of hydrogen-bond acceptors (Lipinski definition) is 5. The van der Waals surface area contributed by atoms with Crippen molar-refractivity contribution >= 4 is 5.69 Å². The highest BCUT2D eigenvalue weighted by molar-refractivity contribution is 5.53. The highest BCUT2D eigenvalue weighted by Gasteiger charge is 2.11. The van der Waals surface area contributed by atoms with E-state index in [-0.39, 0.29) is 0 Å². The van der Waals surface area contributed by atoms with E-state index in [4.69, 9.17) is 18.9 Å². The van der Waals surface area contributed by atoms with Crippen molar-refractivity contribution in [1.29, 1.82) is 0 Å². The molecule has 0 fully saturated rings. The molecule has 2 aromatic carbocycles. The predicted octanol–water partition coefficient (Wildman–Crippen LogP) is 3.33. The third-order valence-electron chi connectivity index (χ3n) is 3.36. The van der Waals surface area contributed by atoms with Gasteiger partial charge in [0.2, 0.25) is 0 Å². The first kappa shape index (κ1) is 15.8. The Balaban J connectivity index is 2.16. The maximum Gasteiger partial charge on any atom is 0.164 e. The van der Waals surface area contributed by atoms with Gasteiger partial charge in [-0.05, 0) is 30.3 Å². The van der Waals surface area contributed by atoms with Gasteiger partial charge in [-0.1, -0.05) is 0 Å². The predicted molar refractivity (Wildman–Crippen MR) is 86.4 cm³/mol. The zero-order chi connectivity index (χ0) is 15.9. The molecule has 0 aromatic heterocycles. The Morgan fingerprint density at radius 1 is 0.727 bits per heavy atom. The monoisotopic (exact) mass is 303 g/mol. The summed E-state index contributed by atoms with van der Waals surface area (Å²) in [5.41, 5.74) is 1.98. The Labute approximate surface area is 130 Å². The van der Waals surface area contributed by atoms with Crippen molar-refractivity contribution in [2.45, 2.75) is 6.54 Å². The summed E-state index contributed by atoms with van der Waals surface area (Å²) in [6.07, 6.45) is 0. The van der Waals surface area contributed by atoms with E-state index in [1.165, 1.54) is 0 Å². The van der Waals surface area contributed by atoms with E-state index in [2.05, 4.69) is 5.32 Å². The highest BCUT2D eigenvalue weighted by atomic mass is 16.5. The molecule has 0 unspecified atom stereocenters. The number of methoxy groups -OCH3 is 4. The minimum atomic E-state index is 0.607. The molecule has 0 atom stereocenters. The minimum Gasteiger partial charge on any atom is -0.497 e. The molecule has 0 heterocycles. The minimum absolute atomic E-state index is 0.607. The molecule has 2 rings (SSSR count). The lowest BCUT2D eigenvalue weighted by Crippen LogP contribution is -2.03. The van der Waals surface area contributed by atoms with Gasteiger partial charge in [0.15, 0.2) is 11.5 Å². The second-order valence-electron chi connectivity index (χ2n) is 4.60. The Kier molecular flexibility index (Phi) is 5.36. The van der Waals surface area contributed by atoms with Gasteiger partial charge in [0, 0.05) is 23.9 Å². The third kappa shape index (κ3) is 3.55. The van der Waals surface area contributed by atoms with Gasteiger partial charge >= 0.3 is 0 Å². The van der Waals surface area contributed by atoms with E-state index in [1.54, 1.807) is 28.4 Å². The topological polar surface area (TPSA) is 49.0 Å². The molecule has 0 saturated heterocycles. The van der Waals surface area contributed by atoms with Crippen LogP contribution in [0.25, 0.3) is 0 Å². The van der Waals surface area contributed by atoms with Crippen LogP contribution in [0, 0.1) is 0 Å². The van der Waals surface area contributed by atoms with Crippen LogP contribution in [-0.4, -0.2) is 28.4 Å². The summed E-state index contributed by atoms with van der Waals surface area (Å²) >= 11 is 0. The number of nitrogens with one attached hydrogen (secondary N) is 1. The standard InChI is InChI=1S/C17H21NO4/c1-19-14-7-5-13(6-8-14)18-11-12-9-16(21-3)17(22-4)10-15(12)20-2/h5-10,18H,11H2,1-4H3. The van der Waals surface area contributed by atoms with E-state index in [9.17, 15) is 0 Å². The summed E-state index contributed by atoms with van der Waals surface area (Å²) in [6.45, 7) is 0.607. The maximum atomic E-state index is 5.42. The van der Waals surface area contributed by atoms with Crippen LogP contribution < -0.4 is 24.3 Å². The Hall–Kier alpha value is -2.56. The summed E-state index contributed by atoms with van der Waals surface area (Å²) < 4.78 is 21.2. The molecule has 22 heavy (non-hydrogen) atoms. The quantitative estimate of drug-likeness (QED) is 0.850. The number of hydrogen-bond donors (Lipinski definition) is 1. The molecule has 0 aliphatic carbocycles. The van der Waals surface area contributed by atoms with E-state index in [0.717, 1.165) is 22.7 Å². The van der Waals surface area contributed by atoms with Gasteiger partial charge < -0.3 is 24.3 Å². The normalized spacial score (nSPS) is 10.0. The number of rotatable bonds is 7. The molecule has 0 bridgehead atoms. The van der Waals surface area contributed by atoms with Crippen LogP contribution in [-0.2, 0) is 6.54 Å². The highest BCUT2D eigenvalue weighted by Crippen LogP contribution is 2.34. The van der Waals surface area contributed by atoms with Crippen molar-refractivity contribution in [3.8, 4) is 23.0 Å². The first-order valence-electron chi connectivity index (χ1n) is 6.88. The van der Waals surface area contributed by atoms with Crippen molar-refractivity contribution < 1.29 is 18.9 Å². The second kappa shape index (κ2) is 7.45. The summed E-state index contributed by atoms with van der Waals surface area (Å²) in [7, 11) is 6.51. The SMILES string of the molecule is COc1ccc(NCc2cc(OC)c(OC)cc2OC)cc1. The molecule has 0 aliphatic rings. The molecule has 1 N–H and O–H groups in total. The molecule has 0 radical (unpaired) electrons. The van der Waals surface area contributed by atoms with E-state index < -0.39 is 0 Å². The van der Waals surface area contributed by atoms with E-state index in [0.29, 0.717) is 18.0 Å². The van der Waals surface area contributed by atoms with Crippen LogP contribution in [0.4, 0.5) is 5.69 Å². The van der Waals surface area contributed by atoms with Gasteiger partial charge in [0.1, 0.15) is 11.5 Å². The van der Waals surface area contributed by atoms with Gasteiger partial charge in [-0.15, -0.1) is 0 Å². The fourth-order valence-electron chi connectivity index (χ4n) is 2.14. The molecular weight excluding hydrogens is 282 g/mol. The molecular formula is C17H21NO4. The molecule has 0 saturated carbocycles. The third-order valence-corrected chi connectivity index (χ3v) is 3.36. The van der Waals surface area contributed by atoms with Gasteiger partial charge in [0.25, 0.3) is 0 Å². The van der Waals surface area contributed by atoms with E-state index in [1.807, 2.05) is 36.4 Å². The summed E-state index contributed by atoms with van der Waals surface area (Å²) in [6, 6.07) is 11.5. The fourth-order valence-corrected chi connectivity index (χ4v) is 2.14. The first-order valence-corrected chi connectivity index (χ1v) is 6.88. The Morgan fingerprint density at radius 2 is 1.32 bits per heavy atom. The van der Waals surface area contributed by atoms with Crippen molar-refractivity contribution in [3.63, 3.8) is 0 Å². The van der Waals surface area contributed by atoms with Crippen molar-refractivity contribution in [1.82, 2.24) is 0 Å². The largest absolute Gasteiger partial charge is 0.497 e.